The Morgan fingerprint density at radius 2 is 1.96 bits per heavy atom. The van der Waals surface area contributed by atoms with E-state index in [4.69, 9.17) is 4.74 Å². The van der Waals surface area contributed by atoms with Crippen molar-refractivity contribution >= 4 is 0 Å². The molecule has 1 aromatic carbocycles. The largest absolute Gasteiger partial charge is 0.496 e. The highest BCUT2D eigenvalue weighted by atomic mass is 16.5. The van der Waals surface area contributed by atoms with Gasteiger partial charge in [0.15, 0.2) is 0 Å². The van der Waals surface area contributed by atoms with Crippen LogP contribution in [0.3, 0.4) is 0 Å². The van der Waals surface area contributed by atoms with Crippen LogP contribution in [0.2, 0.25) is 0 Å². The van der Waals surface area contributed by atoms with E-state index in [0.717, 1.165) is 37.1 Å². The Balaban J connectivity index is 1.52. The zero-order chi connectivity index (χ0) is 19.9. The van der Waals surface area contributed by atoms with Crippen molar-refractivity contribution in [2.24, 2.45) is 18.9 Å². The van der Waals surface area contributed by atoms with E-state index in [1.807, 2.05) is 18.5 Å². The molecule has 1 fully saturated rings. The summed E-state index contributed by atoms with van der Waals surface area (Å²) in [5.41, 5.74) is 1.29. The van der Waals surface area contributed by atoms with E-state index in [1.54, 1.807) is 7.11 Å². The second-order valence-corrected chi connectivity index (χ2v) is 8.57. The fourth-order valence-electron chi connectivity index (χ4n) is 4.24. The number of hydrogen-bond donors (Lipinski definition) is 0. The van der Waals surface area contributed by atoms with Crippen molar-refractivity contribution in [3.8, 4) is 5.75 Å². The molecule has 0 spiro atoms. The fraction of sp³-hybridized carbons (Fsp3) is 0.609. The summed E-state index contributed by atoms with van der Waals surface area (Å²) in [5, 5.41) is 0. The lowest BCUT2D eigenvalue weighted by atomic mass is 9.95. The molecule has 0 bridgehead atoms. The first kappa shape index (κ1) is 20.9. The summed E-state index contributed by atoms with van der Waals surface area (Å²) in [7, 11) is 3.85. The number of nitrogens with zero attached hydrogens (tertiary/aromatic N) is 4. The van der Waals surface area contributed by atoms with Gasteiger partial charge in [0.05, 0.1) is 13.7 Å². The maximum atomic E-state index is 5.52. The van der Waals surface area contributed by atoms with Gasteiger partial charge in [0.2, 0.25) is 0 Å². The molecule has 28 heavy (non-hydrogen) atoms. The highest BCUT2D eigenvalue weighted by Crippen LogP contribution is 2.24. The Morgan fingerprint density at radius 1 is 1.21 bits per heavy atom. The molecular formula is C23H36N4O. The third-order valence-electron chi connectivity index (χ3n) is 5.72. The molecule has 5 heteroatoms. The molecule has 0 saturated carbocycles. The number of methoxy groups -OCH3 is 1. The lowest BCUT2D eigenvalue weighted by Crippen LogP contribution is -2.39. The van der Waals surface area contributed by atoms with Crippen LogP contribution >= 0.6 is 0 Å². The number of ether oxygens (including phenoxy) is 1. The van der Waals surface area contributed by atoms with Crippen molar-refractivity contribution in [2.45, 2.75) is 39.8 Å². The number of hydrogen-bond acceptors (Lipinski definition) is 4. The molecule has 0 amide bonds. The SMILES string of the molecule is COc1ccccc1CN1CCC(CN(Cc2nccn2C)CC(C)C)CC1. The average molecular weight is 385 g/mol. The van der Waals surface area contributed by atoms with Gasteiger partial charge < -0.3 is 9.30 Å². The van der Waals surface area contributed by atoms with Crippen LogP contribution in [-0.2, 0) is 20.1 Å². The summed E-state index contributed by atoms with van der Waals surface area (Å²) in [6.07, 6.45) is 6.48. The first-order chi connectivity index (χ1) is 13.5. The van der Waals surface area contributed by atoms with E-state index in [2.05, 4.69) is 58.4 Å². The first-order valence-electron chi connectivity index (χ1n) is 10.6. The van der Waals surface area contributed by atoms with Gasteiger partial charge in [-0.1, -0.05) is 32.0 Å². The van der Waals surface area contributed by atoms with E-state index in [9.17, 15) is 0 Å². The van der Waals surface area contributed by atoms with Gasteiger partial charge in [-0.3, -0.25) is 9.80 Å². The van der Waals surface area contributed by atoms with E-state index in [-0.39, 0.29) is 0 Å². The summed E-state index contributed by atoms with van der Waals surface area (Å²) >= 11 is 0. The van der Waals surface area contributed by atoms with Crippen molar-refractivity contribution in [3.05, 3.63) is 48.0 Å². The first-order valence-corrected chi connectivity index (χ1v) is 10.6. The molecule has 0 aliphatic carbocycles. The molecule has 0 unspecified atom stereocenters. The minimum absolute atomic E-state index is 0.672. The van der Waals surface area contributed by atoms with Crippen LogP contribution in [0.25, 0.3) is 0 Å². The fourth-order valence-corrected chi connectivity index (χ4v) is 4.24. The molecule has 2 aromatic rings. The highest BCUT2D eigenvalue weighted by Gasteiger charge is 2.23. The molecule has 0 N–H and O–H groups in total. The van der Waals surface area contributed by atoms with Crippen LogP contribution in [0.15, 0.2) is 36.7 Å². The number of imidazole rings is 1. The number of aryl methyl sites for hydroxylation is 1. The minimum Gasteiger partial charge on any atom is -0.496 e. The van der Waals surface area contributed by atoms with E-state index in [1.165, 1.54) is 38.0 Å². The van der Waals surface area contributed by atoms with E-state index >= 15 is 0 Å². The second kappa shape index (κ2) is 10.1. The summed E-state index contributed by atoms with van der Waals surface area (Å²) < 4.78 is 7.66. The van der Waals surface area contributed by atoms with Crippen LogP contribution in [0.4, 0.5) is 0 Å². The predicted octanol–water partition coefficient (Wildman–Crippen LogP) is 3.80. The highest BCUT2D eigenvalue weighted by molar-refractivity contribution is 5.33. The minimum atomic E-state index is 0.672. The van der Waals surface area contributed by atoms with Crippen molar-refractivity contribution in [1.82, 2.24) is 19.4 Å². The molecule has 154 valence electrons. The molecule has 1 saturated heterocycles. The van der Waals surface area contributed by atoms with Crippen molar-refractivity contribution in [3.63, 3.8) is 0 Å². The van der Waals surface area contributed by atoms with Gasteiger partial charge in [-0.2, -0.15) is 0 Å². The number of benzene rings is 1. The molecule has 1 aliphatic heterocycles. The quantitative estimate of drug-likeness (QED) is 0.658. The molecular weight excluding hydrogens is 348 g/mol. The molecule has 2 heterocycles. The molecule has 0 atom stereocenters. The van der Waals surface area contributed by atoms with E-state index in [0.29, 0.717) is 5.92 Å². The van der Waals surface area contributed by atoms with Crippen LogP contribution in [0.1, 0.15) is 38.1 Å². The molecule has 3 rings (SSSR count). The van der Waals surface area contributed by atoms with Gasteiger partial charge in [-0.25, -0.2) is 4.98 Å². The summed E-state index contributed by atoms with van der Waals surface area (Å²) in [6.45, 7) is 11.2. The molecule has 1 aliphatic rings. The summed E-state index contributed by atoms with van der Waals surface area (Å²) in [5.74, 6) is 3.61. The monoisotopic (exact) mass is 384 g/mol. The smallest absolute Gasteiger partial charge is 0.123 e. The van der Waals surface area contributed by atoms with Gasteiger partial charge in [-0.05, 0) is 43.8 Å². The Hall–Kier alpha value is -1.85. The standard InChI is InChI=1S/C23H36N4O/c1-19(2)15-27(18-23-24-11-14-25(23)3)16-20-9-12-26(13-10-20)17-21-7-5-6-8-22(21)28-4/h5-8,11,14,19-20H,9-10,12-13,15-18H2,1-4H3. The Morgan fingerprint density at radius 3 is 2.61 bits per heavy atom. The van der Waals surface area contributed by atoms with Crippen LogP contribution < -0.4 is 4.74 Å². The zero-order valence-corrected chi connectivity index (χ0v) is 18.0. The van der Waals surface area contributed by atoms with Gasteiger partial charge in [0.25, 0.3) is 0 Å². The molecule has 1 aromatic heterocycles. The lowest BCUT2D eigenvalue weighted by Gasteiger charge is -2.35. The third-order valence-corrected chi connectivity index (χ3v) is 5.72. The Kier molecular flexibility index (Phi) is 7.51. The predicted molar refractivity (Wildman–Crippen MR) is 114 cm³/mol. The number of piperidine rings is 1. The van der Waals surface area contributed by atoms with Gasteiger partial charge in [0.1, 0.15) is 11.6 Å². The topological polar surface area (TPSA) is 33.5 Å². The summed E-state index contributed by atoms with van der Waals surface area (Å²) in [6, 6.07) is 8.39. The molecule has 5 nitrogen and oxygen atoms in total. The van der Waals surface area contributed by atoms with E-state index < -0.39 is 0 Å². The number of para-hydroxylation sites is 1. The van der Waals surface area contributed by atoms with Crippen molar-refractivity contribution in [2.75, 3.05) is 33.3 Å². The molecule has 0 radical (unpaired) electrons. The zero-order valence-electron chi connectivity index (χ0n) is 18.0. The number of aromatic nitrogens is 2. The third kappa shape index (κ3) is 5.82. The lowest BCUT2D eigenvalue weighted by molar-refractivity contribution is 0.126. The normalized spacial score (nSPS) is 16.2. The number of likely N-dealkylation sites (tertiary alicyclic amines) is 1. The average Bonchev–Trinajstić information content (AvgIpc) is 3.08. The Bertz CT molecular complexity index is 719. The van der Waals surface area contributed by atoms with Crippen LogP contribution in [0, 0.1) is 11.8 Å². The number of rotatable bonds is 9. The summed E-state index contributed by atoms with van der Waals surface area (Å²) in [4.78, 5) is 9.71. The Labute approximate surface area is 170 Å². The second-order valence-electron chi connectivity index (χ2n) is 8.57. The van der Waals surface area contributed by atoms with Gasteiger partial charge in [0, 0.05) is 44.6 Å². The van der Waals surface area contributed by atoms with Crippen molar-refractivity contribution in [1.29, 1.82) is 0 Å². The van der Waals surface area contributed by atoms with Gasteiger partial charge >= 0.3 is 0 Å². The van der Waals surface area contributed by atoms with Crippen molar-refractivity contribution < 1.29 is 4.74 Å². The van der Waals surface area contributed by atoms with Crippen LogP contribution in [0.5, 0.6) is 5.75 Å². The van der Waals surface area contributed by atoms with Crippen LogP contribution in [-0.4, -0.2) is 52.6 Å². The maximum absolute atomic E-state index is 5.52. The van der Waals surface area contributed by atoms with Gasteiger partial charge in [-0.15, -0.1) is 0 Å². The maximum Gasteiger partial charge on any atom is 0.123 e.